The topological polar surface area (TPSA) is 129 Å². The molecule has 4 rings (SSSR count). The van der Waals surface area contributed by atoms with Crippen LogP contribution in [0.3, 0.4) is 0 Å². The fourth-order valence-corrected chi connectivity index (χ4v) is 4.16. The van der Waals surface area contributed by atoms with Gasteiger partial charge in [0, 0.05) is 38.4 Å². The van der Waals surface area contributed by atoms with Crippen molar-refractivity contribution >= 4 is 29.3 Å². The van der Waals surface area contributed by atoms with E-state index in [1.807, 2.05) is 29.2 Å². The minimum absolute atomic E-state index is 0.000111. The van der Waals surface area contributed by atoms with Crippen LogP contribution in [-0.4, -0.2) is 58.9 Å². The Hall–Kier alpha value is -3.76. The summed E-state index contributed by atoms with van der Waals surface area (Å²) in [6.45, 7) is 1.75. The molecule has 188 valence electrons. The number of likely N-dealkylation sites (N-methyl/N-ethyl adjacent to an activating group) is 1. The van der Waals surface area contributed by atoms with Crippen LogP contribution in [-0.2, 0) is 11.3 Å². The maximum absolute atomic E-state index is 12.9. The van der Waals surface area contributed by atoms with Gasteiger partial charge in [-0.2, -0.15) is 0 Å². The van der Waals surface area contributed by atoms with Crippen molar-refractivity contribution in [2.24, 2.45) is 0 Å². The van der Waals surface area contributed by atoms with E-state index in [0.29, 0.717) is 5.76 Å². The predicted octanol–water partition coefficient (Wildman–Crippen LogP) is 2.61. The first kappa shape index (κ1) is 25.3. The van der Waals surface area contributed by atoms with Crippen molar-refractivity contribution in [3.63, 3.8) is 0 Å². The zero-order chi connectivity index (χ0) is 25.5. The molecule has 0 saturated carbocycles. The van der Waals surface area contributed by atoms with Gasteiger partial charge in [-0.15, -0.1) is 0 Å². The smallest absolute Gasteiger partial charge is 0.288 e. The molecule has 2 aromatic heterocycles. The summed E-state index contributed by atoms with van der Waals surface area (Å²) in [5, 5.41) is 8.20. The maximum Gasteiger partial charge on any atom is 0.288 e. The number of nitrogens with zero attached hydrogens (tertiary/aromatic N) is 3. The van der Waals surface area contributed by atoms with E-state index in [2.05, 4.69) is 25.9 Å². The Bertz CT molecular complexity index is 1240. The molecule has 0 spiro atoms. The molecule has 10 nitrogen and oxygen atoms in total. The molecule has 0 unspecified atom stereocenters. The largest absolute Gasteiger partial charge is 0.451 e. The number of halogens is 1. The molecule has 0 radical (unpaired) electrons. The summed E-state index contributed by atoms with van der Waals surface area (Å²) in [7, 11) is 1.55. The van der Waals surface area contributed by atoms with Crippen LogP contribution in [0, 0.1) is 0 Å². The quantitative estimate of drug-likeness (QED) is 0.397. The van der Waals surface area contributed by atoms with E-state index >= 15 is 0 Å². The van der Waals surface area contributed by atoms with Crippen LogP contribution in [0.4, 0.5) is 0 Å². The Labute approximate surface area is 213 Å². The first-order valence-corrected chi connectivity index (χ1v) is 12.0. The van der Waals surface area contributed by atoms with Gasteiger partial charge in [-0.25, -0.2) is 9.97 Å². The number of piperidine rings is 1. The highest BCUT2D eigenvalue weighted by atomic mass is 35.5. The highest BCUT2D eigenvalue weighted by molar-refractivity contribution is 6.28. The molecule has 1 atom stereocenters. The van der Waals surface area contributed by atoms with Gasteiger partial charge < -0.3 is 20.4 Å². The number of amides is 3. The number of nitrogens with one attached hydrogen (secondary N) is 3. The molecule has 3 aromatic rings. The average Bonchev–Trinajstić information content (AvgIpc) is 3.41. The van der Waals surface area contributed by atoms with Crippen molar-refractivity contribution in [1.29, 1.82) is 0 Å². The fraction of sp³-hybridized carbons (Fsp3) is 0.320. The van der Waals surface area contributed by atoms with Gasteiger partial charge in [0.2, 0.25) is 5.28 Å². The number of aromatic nitrogens is 2. The molecule has 36 heavy (non-hydrogen) atoms. The third-order valence-electron chi connectivity index (χ3n) is 5.87. The Morgan fingerprint density at radius 3 is 2.64 bits per heavy atom. The summed E-state index contributed by atoms with van der Waals surface area (Å²) in [6, 6.07) is 12.2. The zero-order valence-electron chi connectivity index (χ0n) is 19.8. The second kappa shape index (κ2) is 11.8. The molecule has 1 fully saturated rings. The van der Waals surface area contributed by atoms with Crippen molar-refractivity contribution in [2.75, 3.05) is 20.1 Å². The number of furan rings is 1. The van der Waals surface area contributed by atoms with Gasteiger partial charge in [-0.3, -0.25) is 19.3 Å². The summed E-state index contributed by atoms with van der Waals surface area (Å²) in [5.41, 5.74) is 1.74. The number of likely N-dealkylation sites (tertiary alicyclic amines) is 1. The van der Waals surface area contributed by atoms with Gasteiger partial charge in [0.25, 0.3) is 17.7 Å². The maximum atomic E-state index is 12.9. The summed E-state index contributed by atoms with van der Waals surface area (Å²) < 4.78 is 5.81. The number of hydrogen-bond donors (Lipinski definition) is 3. The monoisotopic (exact) mass is 510 g/mol. The highest BCUT2D eigenvalue weighted by Gasteiger charge is 2.29. The molecule has 11 heteroatoms. The Morgan fingerprint density at radius 1 is 1.08 bits per heavy atom. The van der Waals surface area contributed by atoms with Crippen molar-refractivity contribution in [3.8, 4) is 11.3 Å². The normalized spacial score (nSPS) is 14.6. The Morgan fingerprint density at radius 2 is 1.89 bits per heavy atom. The molecule has 1 aliphatic heterocycles. The number of hydrogen-bond acceptors (Lipinski definition) is 7. The van der Waals surface area contributed by atoms with E-state index in [1.54, 1.807) is 19.2 Å². The lowest BCUT2D eigenvalue weighted by atomic mass is 10.1. The van der Waals surface area contributed by atoms with E-state index in [9.17, 15) is 14.4 Å². The third kappa shape index (κ3) is 6.27. The highest BCUT2D eigenvalue weighted by Crippen LogP contribution is 2.23. The van der Waals surface area contributed by atoms with Gasteiger partial charge >= 0.3 is 0 Å². The van der Waals surface area contributed by atoms with Gasteiger partial charge in [-0.05, 0) is 54.3 Å². The van der Waals surface area contributed by atoms with E-state index in [1.165, 1.54) is 12.3 Å². The Kier molecular flexibility index (Phi) is 8.29. The van der Waals surface area contributed by atoms with E-state index in [-0.39, 0.29) is 35.1 Å². The van der Waals surface area contributed by atoms with Crippen LogP contribution in [0.2, 0.25) is 5.28 Å². The van der Waals surface area contributed by atoms with E-state index in [0.717, 1.165) is 43.5 Å². The fourth-order valence-electron chi connectivity index (χ4n) is 4.02. The van der Waals surface area contributed by atoms with Crippen LogP contribution in [0.25, 0.3) is 11.3 Å². The van der Waals surface area contributed by atoms with Gasteiger partial charge in [-0.1, -0.05) is 24.6 Å². The summed E-state index contributed by atoms with van der Waals surface area (Å²) in [4.78, 5) is 47.3. The number of benzene rings is 1. The summed E-state index contributed by atoms with van der Waals surface area (Å²) >= 11 is 5.75. The van der Waals surface area contributed by atoms with Crippen LogP contribution in [0.5, 0.6) is 0 Å². The van der Waals surface area contributed by atoms with Gasteiger partial charge in [0.15, 0.2) is 11.9 Å². The van der Waals surface area contributed by atoms with Crippen LogP contribution < -0.4 is 16.0 Å². The number of carbonyl (C=O) groups excluding carboxylic acids is 3. The van der Waals surface area contributed by atoms with Crippen molar-refractivity contribution < 1.29 is 18.8 Å². The van der Waals surface area contributed by atoms with Crippen molar-refractivity contribution in [3.05, 3.63) is 71.0 Å². The lowest BCUT2D eigenvalue weighted by Crippen LogP contribution is -2.57. The SMILES string of the molecule is CNC(=O)[C@@H](NC(=O)c1ccc(-c2cccc(CNC(=O)c3ccnc(Cl)n3)c2)o1)N1CCCCC1. The van der Waals surface area contributed by atoms with Gasteiger partial charge in [0.1, 0.15) is 11.5 Å². The third-order valence-corrected chi connectivity index (χ3v) is 6.05. The van der Waals surface area contributed by atoms with Crippen molar-refractivity contribution in [2.45, 2.75) is 32.0 Å². The molecule has 3 N–H and O–H groups in total. The molecule has 3 heterocycles. The predicted molar refractivity (Wildman–Crippen MR) is 133 cm³/mol. The van der Waals surface area contributed by atoms with Crippen molar-refractivity contribution in [1.82, 2.24) is 30.8 Å². The van der Waals surface area contributed by atoms with Crippen LogP contribution in [0.1, 0.15) is 45.9 Å². The zero-order valence-corrected chi connectivity index (χ0v) is 20.5. The molecule has 3 amide bonds. The first-order chi connectivity index (χ1) is 17.4. The summed E-state index contributed by atoms with van der Waals surface area (Å²) in [6.07, 6.45) is 3.74. The molecule has 0 aliphatic carbocycles. The van der Waals surface area contributed by atoms with E-state index in [4.69, 9.17) is 16.0 Å². The van der Waals surface area contributed by atoms with E-state index < -0.39 is 12.1 Å². The molecular formula is C25H27ClN6O4. The molecule has 1 aromatic carbocycles. The van der Waals surface area contributed by atoms with Crippen LogP contribution >= 0.6 is 11.6 Å². The second-order valence-electron chi connectivity index (χ2n) is 8.34. The number of carbonyl (C=O) groups is 3. The minimum atomic E-state index is -0.756. The Balaban J connectivity index is 1.41. The van der Waals surface area contributed by atoms with Crippen LogP contribution in [0.15, 0.2) is 53.1 Å². The second-order valence-corrected chi connectivity index (χ2v) is 8.68. The lowest BCUT2D eigenvalue weighted by molar-refractivity contribution is -0.127. The first-order valence-electron chi connectivity index (χ1n) is 11.7. The standard InChI is InChI=1S/C25H27ClN6O4/c1-27-24(35)21(32-12-3-2-4-13-32)31-23(34)20-9-8-19(36-20)17-7-5-6-16(14-17)15-29-22(33)18-10-11-28-25(26)30-18/h5-11,14,21H,2-4,12-13,15H2,1H3,(H,27,35)(H,29,33)(H,31,34)/t21-/m0/s1. The molecular weight excluding hydrogens is 484 g/mol. The summed E-state index contributed by atoms with van der Waals surface area (Å²) in [5.74, 6) is -0.509. The number of rotatable bonds is 8. The average molecular weight is 511 g/mol. The molecule has 1 saturated heterocycles. The molecule has 0 bridgehead atoms. The minimum Gasteiger partial charge on any atom is -0.451 e. The lowest BCUT2D eigenvalue weighted by Gasteiger charge is -2.33. The van der Waals surface area contributed by atoms with Gasteiger partial charge in [0.05, 0.1) is 0 Å². The molecule has 1 aliphatic rings.